The summed E-state index contributed by atoms with van der Waals surface area (Å²) < 4.78 is 6.35. The fourth-order valence-electron chi connectivity index (χ4n) is 2.32. The average Bonchev–Trinajstić information content (AvgIpc) is 2.96. The molecule has 0 aliphatic carbocycles. The lowest BCUT2D eigenvalue weighted by atomic mass is 10.2. The van der Waals surface area contributed by atoms with Crippen LogP contribution in [0.2, 0.25) is 0 Å². The van der Waals surface area contributed by atoms with Crippen LogP contribution in [0.3, 0.4) is 0 Å². The van der Waals surface area contributed by atoms with E-state index in [1.54, 1.807) is 0 Å². The first-order valence-electron chi connectivity index (χ1n) is 6.91. The topological polar surface area (TPSA) is 54.2 Å². The Morgan fingerprint density at radius 3 is 2.95 bits per heavy atom. The van der Waals surface area contributed by atoms with E-state index in [1.165, 1.54) is 0 Å². The van der Waals surface area contributed by atoms with Gasteiger partial charge < -0.3 is 9.84 Å². The average molecular weight is 386 g/mol. The van der Waals surface area contributed by atoms with Crippen LogP contribution in [-0.2, 0) is 0 Å². The number of nitrogens with zero attached hydrogens (tertiary/aromatic N) is 3. The van der Waals surface area contributed by atoms with Gasteiger partial charge in [0.05, 0.1) is 6.04 Å². The molecular formula is C15H18BrClN4O. The molecule has 3 rings (SSSR count). The molecule has 0 radical (unpaired) electrons. The number of halogens is 2. The molecule has 1 aliphatic rings. The molecule has 118 valence electrons. The third-order valence-corrected chi connectivity index (χ3v) is 4.30. The number of rotatable bonds is 3. The molecule has 2 aromatic rings. The van der Waals surface area contributed by atoms with Crippen molar-refractivity contribution >= 4 is 40.5 Å². The third kappa shape index (κ3) is 3.95. The number of nitrogens with one attached hydrogen (secondary N) is 1. The first kappa shape index (κ1) is 17.1. The summed E-state index contributed by atoms with van der Waals surface area (Å²) in [5, 5.41) is 7.44. The first-order chi connectivity index (χ1) is 10.2. The highest BCUT2D eigenvalue weighted by Gasteiger charge is 2.24. The van der Waals surface area contributed by atoms with Gasteiger partial charge in [-0.05, 0) is 24.8 Å². The van der Waals surface area contributed by atoms with Crippen LogP contribution in [-0.4, -0.2) is 41.7 Å². The molecule has 0 bridgehead atoms. The molecule has 1 aliphatic heterocycles. The van der Waals surface area contributed by atoms with Gasteiger partial charge in [0.25, 0.3) is 5.89 Å². The highest BCUT2D eigenvalue weighted by molar-refractivity contribution is 9.10. The zero-order valence-corrected chi connectivity index (χ0v) is 14.6. The fraction of sp³-hybridized carbons (Fsp3) is 0.333. The lowest BCUT2D eigenvalue weighted by Crippen LogP contribution is -2.44. The second-order valence-electron chi connectivity index (χ2n) is 5.05. The smallest absolute Gasteiger partial charge is 0.250 e. The number of piperazine rings is 1. The Bertz CT molecular complexity index is 646. The number of likely N-dealkylation sites (N-methyl/N-ethyl adjacent to an activating group) is 1. The molecule has 0 saturated carbocycles. The highest BCUT2D eigenvalue weighted by Crippen LogP contribution is 2.20. The molecule has 22 heavy (non-hydrogen) atoms. The third-order valence-electron chi connectivity index (χ3n) is 3.58. The van der Waals surface area contributed by atoms with Crippen LogP contribution in [0, 0.1) is 0 Å². The Balaban J connectivity index is 0.00000176. The van der Waals surface area contributed by atoms with Gasteiger partial charge in [0.15, 0.2) is 5.82 Å². The van der Waals surface area contributed by atoms with Gasteiger partial charge >= 0.3 is 0 Å². The SMILES string of the molecule is CN1CCNCC1c1noc(/C=C/c2ccccc2Br)n1.Cl. The van der Waals surface area contributed by atoms with Gasteiger partial charge in [-0.3, -0.25) is 4.90 Å². The number of hydrogen-bond donors (Lipinski definition) is 1. The summed E-state index contributed by atoms with van der Waals surface area (Å²) in [4.78, 5) is 6.71. The van der Waals surface area contributed by atoms with E-state index in [9.17, 15) is 0 Å². The van der Waals surface area contributed by atoms with Gasteiger partial charge in [-0.2, -0.15) is 4.98 Å². The maximum absolute atomic E-state index is 5.31. The normalized spacial score (nSPS) is 19.3. The van der Waals surface area contributed by atoms with E-state index in [-0.39, 0.29) is 18.4 Å². The largest absolute Gasteiger partial charge is 0.335 e. The molecule has 7 heteroatoms. The van der Waals surface area contributed by atoms with Crippen molar-refractivity contribution in [2.24, 2.45) is 0 Å². The van der Waals surface area contributed by atoms with E-state index in [1.807, 2.05) is 36.4 Å². The zero-order chi connectivity index (χ0) is 14.7. The molecule has 2 heterocycles. The number of hydrogen-bond acceptors (Lipinski definition) is 5. The van der Waals surface area contributed by atoms with E-state index in [2.05, 4.69) is 43.3 Å². The minimum atomic E-state index is 0. The van der Waals surface area contributed by atoms with Crippen LogP contribution in [0.5, 0.6) is 0 Å². The predicted octanol–water partition coefficient (Wildman–Crippen LogP) is 3.00. The molecular weight excluding hydrogens is 368 g/mol. The Kier molecular flexibility index (Phi) is 6.14. The van der Waals surface area contributed by atoms with Crippen LogP contribution in [0.4, 0.5) is 0 Å². The van der Waals surface area contributed by atoms with Crippen molar-refractivity contribution in [2.75, 3.05) is 26.7 Å². The minimum absolute atomic E-state index is 0. The van der Waals surface area contributed by atoms with Crippen molar-refractivity contribution in [2.45, 2.75) is 6.04 Å². The van der Waals surface area contributed by atoms with E-state index in [0.29, 0.717) is 5.89 Å². The summed E-state index contributed by atoms with van der Waals surface area (Å²) >= 11 is 3.51. The molecule has 1 saturated heterocycles. The summed E-state index contributed by atoms with van der Waals surface area (Å²) in [5.74, 6) is 1.26. The van der Waals surface area contributed by atoms with Crippen LogP contribution >= 0.6 is 28.3 Å². The Morgan fingerprint density at radius 2 is 2.18 bits per heavy atom. The molecule has 5 nitrogen and oxygen atoms in total. The van der Waals surface area contributed by atoms with Gasteiger partial charge in [0, 0.05) is 30.2 Å². The van der Waals surface area contributed by atoms with Crippen molar-refractivity contribution in [1.82, 2.24) is 20.4 Å². The minimum Gasteiger partial charge on any atom is -0.335 e. The fourth-order valence-corrected chi connectivity index (χ4v) is 2.73. The Hall–Kier alpha value is -1.21. The molecule has 1 atom stereocenters. The van der Waals surface area contributed by atoms with Gasteiger partial charge in [-0.15, -0.1) is 12.4 Å². The second-order valence-corrected chi connectivity index (χ2v) is 5.90. The van der Waals surface area contributed by atoms with Crippen LogP contribution in [0.1, 0.15) is 23.3 Å². The van der Waals surface area contributed by atoms with Crippen molar-refractivity contribution in [3.05, 3.63) is 46.0 Å². The molecule has 1 aromatic heterocycles. The van der Waals surface area contributed by atoms with E-state index in [4.69, 9.17) is 4.52 Å². The summed E-state index contributed by atoms with van der Waals surface area (Å²) in [6.45, 7) is 2.84. The molecule has 1 N–H and O–H groups in total. The van der Waals surface area contributed by atoms with E-state index in [0.717, 1.165) is 35.5 Å². The van der Waals surface area contributed by atoms with Crippen LogP contribution < -0.4 is 5.32 Å². The number of benzene rings is 1. The maximum Gasteiger partial charge on any atom is 0.250 e. The van der Waals surface area contributed by atoms with Crippen molar-refractivity contribution in [3.63, 3.8) is 0 Å². The zero-order valence-electron chi connectivity index (χ0n) is 12.2. The van der Waals surface area contributed by atoms with Crippen LogP contribution in [0.25, 0.3) is 12.2 Å². The quantitative estimate of drug-likeness (QED) is 0.880. The molecule has 1 fully saturated rings. The first-order valence-corrected chi connectivity index (χ1v) is 7.70. The van der Waals surface area contributed by atoms with E-state index >= 15 is 0 Å². The van der Waals surface area contributed by atoms with Crippen molar-refractivity contribution < 1.29 is 4.52 Å². The summed E-state index contributed by atoms with van der Waals surface area (Å²) in [5.41, 5.74) is 1.08. The predicted molar refractivity (Wildman–Crippen MR) is 92.9 cm³/mol. The van der Waals surface area contributed by atoms with Crippen molar-refractivity contribution in [3.8, 4) is 0 Å². The van der Waals surface area contributed by atoms with Gasteiger partial charge in [-0.25, -0.2) is 0 Å². The number of aromatic nitrogens is 2. The summed E-state index contributed by atoms with van der Waals surface area (Å²) in [7, 11) is 2.08. The summed E-state index contributed by atoms with van der Waals surface area (Å²) in [6, 6.07) is 8.18. The lowest BCUT2D eigenvalue weighted by molar-refractivity contribution is 0.190. The monoisotopic (exact) mass is 384 g/mol. The van der Waals surface area contributed by atoms with Gasteiger partial charge in [0.1, 0.15) is 0 Å². The van der Waals surface area contributed by atoms with Gasteiger partial charge in [-0.1, -0.05) is 39.3 Å². The molecule has 0 spiro atoms. The standard InChI is InChI=1S/C15H17BrN4O.ClH/c1-20-9-8-17-10-13(20)15-18-14(21-19-15)7-6-11-4-2-3-5-12(11)16;/h2-7,13,17H,8-10H2,1H3;1H/b7-6+;. The molecule has 0 amide bonds. The Morgan fingerprint density at radius 1 is 1.36 bits per heavy atom. The van der Waals surface area contributed by atoms with Gasteiger partial charge in [0.2, 0.25) is 0 Å². The van der Waals surface area contributed by atoms with Crippen LogP contribution in [0.15, 0.2) is 33.3 Å². The van der Waals surface area contributed by atoms with Crippen molar-refractivity contribution in [1.29, 1.82) is 0 Å². The Labute approximate surface area is 144 Å². The lowest BCUT2D eigenvalue weighted by Gasteiger charge is -2.30. The molecule has 1 unspecified atom stereocenters. The van der Waals surface area contributed by atoms with E-state index < -0.39 is 0 Å². The summed E-state index contributed by atoms with van der Waals surface area (Å²) in [6.07, 6.45) is 3.80. The molecule has 1 aromatic carbocycles. The highest BCUT2D eigenvalue weighted by atomic mass is 79.9. The maximum atomic E-state index is 5.31. The second kappa shape index (κ2) is 7.87.